The quantitative estimate of drug-likeness (QED) is 0.499. The number of oxazole rings is 1. The number of carbonyl (C=O) groups is 1. The lowest BCUT2D eigenvalue weighted by Crippen LogP contribution is -2.46. The van der Waals surface area contributed by atoms with Gasteiger partial charge in [-0.1, -0.05) is 11.9 Å². The third-order valence-electron chi connectivity index (χ3n) is 6.01. The van der Waals surface area contributed by atoms with Crippen LogP contribution in [0.3, 0.4) is 0 Å². The first kappa shape index (κ1) is 23.4. The summed E-state index contributed by atoms with van der Waals surface area (Å²) in [7, 11) is 0. The molecule has 0 bridgehead atoms. The molecular weight excluding hydrogens is 466 g/mol. The van der Waals surface area contributed by atoms with E-state index < -0.39 is 6.61 Å². The van der Waals surface area contributed by atoms with Crippen LogP contribution in [0.4, 0.5) is 8.78 Å². The van der Waals surface area contributed by atoms with Crippen LogP contribution in [0.25, 0.3) is 11.5 Å². The van der Waals surface area contributed by atoms with E-state index in [0.29, 0.717) is 36.9 Å². The molecule has 11 heteroatoms. The number of hydrogen-bond acceptors (Lipinski definition) is 8. The van der Waals surface area contributed by atoms with Crippen LogP contribution in [-0.4, -0.2) is 64.7 Å². The lowest BCUT2D eigenvalue weighted by molar-refractivity contribution is -0.0515. The zero-order chi connectivity index (χ0) is 23.7. The van der Waals surface area contributed by atoms with Crippen molar-refractivity contribution in [2.24, 2.45) is 11.7 Å². The Balaban J connectivity index is 1.32. The smallest absolute Gasteiger partial charge is 0.387 e. The van der Waals surface area contributed by atoms with Crippen LogP contribution < -0.4 is 15.2 Å². The number of halogens is 2. The van der Waals surface area contributed by atoms with Crippen molar-refractivity contribution in [3.63, 3.8) is 0 Å². The number of rotatable bonds is 10. The minimum Gasteiger partial charge on any atom is -0.489 e. The van der Waals surface area contributed by atoms with Crippen LogP contribution in [-0.2, 0) is 6.54 Å². The van der Waals surface area contributed by atoms with E-state index in [2.05, 4.69) is 14.0 Å². The summed E-state index contributed by atoms with van der Waals surface area (Å²) in [6.45, 7) is 0.325. The van der Waals surface area contributed by atoms with Gasteiger partial charge in [-0.15, -0.1) is 0 Å². The minimum absolute atomic E-state index is 0.0170. The number of alkyl halides is 2. The molecule has 2 aromatic rings. The van der Waals surface area contributed by atoms with Crippen molar-refractivity contribution in [2.45, 2.75) is 44.1 Å². The molecule has 184 valence electrons. The van der Waals surface area contributed by atoms with E-state index in [4.69, 9.17) is 14.9 Å². The molecule has 2 aliphatic carbocycles. The van der Waals surface area contributed by atoms with Gasteiger partial charge in [0.15, 0.2) is 23.0 Å². The van der Waals surface area contributed by atoms with Gasteiger partial charge in [-0.2, -0.15) is 8.78 Å². The molecule has 8 nitrogen and oxygen atoms in total. The number of amides is 1. The fourth-order valence-electron chi connectivity index (χ4n) is 3.75. The van der Waals surface area contributed by atoms with Crippen molar-refractivity contribution in [1.29, 1.82) is 0 Å². The first-order valence-corrected chi connectivity index (χ1v) is 12.5. The zero-order valence-corrected chi connectivity index (χ0v) is 19.6. The number of carbonyl (C=O) groups excluding carboxylic acids is 1. The van der Waals surface area contributed by atoms with Crippen LogP contribution >= 0.6 is 11.9 Å². The van der Waals surface area contributed by atoms with Crippen LogP contribution in [0, 0.1) is 5.92 Å². The summed E-state index contributed by atoms with van der Waals surface area (Å²) in [5.74, 6) is 0.836. The summed E-state index contributed by atoms with van der Waals surface area (Å²) in [5.41, 5.74) is 6.53. The summed E-state index contributed by atoms with van der Waals surface area (Å²) < 4.78 is 44.1. The van der Waals surface area contributed by atoms with Gasteiger partial charge in [-0.3, -0.25) is 4.79 Å². The Morgan fingerprint density at radius 1 is 1.18 bits per heavy atom. The largest absolute Gasteiger partial charge is 0.489 e. The Hall–Kier alpha value is -2.37. The lowest BCUT2D eigenvalue weighted by Gasteiger charge is -2.33. The van der Waals surface area contributed by atoms with Gasteiger partial charge >= 0.3 is 6.61 Å². The van der Waals surface area contributed by atoms with Crippen LogP contribution in [0.1, 0.15) is 41.9 Å². The summed E-state index contributed by atoms with van der Waals surface area (Å²) >= 11 is 1.89. The highest BCUT2D eigenvalue weighted by Gasteiger charge is 2.31. The molecule has 5 rings (SSSR count). The molecule has 0 spiro atoms. The molecule has 3 aliphatic rings. The SMILES string of the molecule is NCc1oc(-c2ccc(OC(F)F)c(OCC3CC3)c2)nc1C(=O)N1CCN(SC2CC2)CC1. The second kappa shape index (κ2) is 10.1. The Kier molecular flexibility index (Phi) is 6.94. The maximum atomic E-state index is 13.2. The number of piperazine rings is 1. The number of nitrogens with zero attached hydrogens (tertiary/aromatic N) is 3. The third-order valence-corrected chi connectivity index (χ3v) is 7.44. The van der Waals surface area contributed by atoms with Crippen molar-refractivity contribution in [1.82, 2.24) is 14.2 Å². The van der Waals surface area contributed by atoms with E-state index in [1.54, 1.807) is 17.0 Å². The summed E-state index contributed by atoms with van der Waals surface area (Å²) in [6, 6.07) is 4.50. The predicted octanol–water partition coefficient (Wildman–Crippen LogP) is 3.76. The van der Waals surface area contributed by atoms with Crippen LogP contribution in [0.5, 0.6) is 11.5 Å². The minimum atomic E-state index is -2.97. The summed E-state index contributed by atoms with van der Waals surface area (Å²) in [5, 5.41) is 0.736. The predicted molar refractivity (Wildman–Crippen MR) is 123 cm³/mol. The molecule has 2 heterocycles. The Labute approximate surface area is 200 Å². The molecule has 1 saturated heterocycles. The standard InChI is InChI=1S/C23H28F2N4O4S/c24-23(25)33-17-6-3-15(11-18(17)31-13-14-1-2-14)21-27-20(19(12-26)32-21)22(30)28-7-9-29(10-8-28)34-16-4-5-16/h3,6,11,14,16,23H,1-2,4-5,7-10,12-13,26H2. The van der Waals surface area contributed by atoms with Crippen molar-refractivity contribution in [3.05, 3.63) is 29.7 Å². The number of nitrogens with two attached hydrogens (primary N) is 1. The van der Waals surface area contributed by atoms with Crippen molar-refractivity contribution < 1.29 is 27.5 Å². The van der Waals surface area contributed by atoms with E-state index in [9.17, 15) is 13.6 Å². The fourth-order valence-corrected chi connectivity index (χ4v) is 4.89. The maximum absolute atomic E-state index is 13.2. The first-order chi connectivity index (χ1) is 16.5. The molecule has 0 radical (unpaired) electrons. The number of aromatic nitrogens is 1. The van der Waals surface area contributed by atoms with E-state index in [1.807, 2.05) is 11.9 Å². The molecule has 0 atom stereocenters. The van der Waals surface area contributed by atoms with Gasteiger partial charge in [0, 0.05) is 37.0 Å². The van der Waals surface area contributed by atoms with Gasteiger partial charge < -0.3 is 24.5 Å². The molecule has 0 unspecified atom stereocenters. The highest BCUT2D eigenvalue weighted by Crippen LogP contribution is 2.38. The Morgan fingerprint density at radius 2 is 1.94 bits per heavy atom. The molecule has 1 aliphatic heterocycles. The van der Waals surface area contributed by atoms with Crippen LogP contribution in [0.15, 0.2) is 22.6 Å². The van der Waals surface area contributed by atoms with E-state index >= 15 is 0 Å². The number of ether oxygens (including phenoxy) is 2. The van der Waals surface area contributed by atoms with E-state index in [1.165, 1.54) is 18.9 Å². The average Bonchev–Trinajstić information content (AvgIpc) is 3.77. The first-order valence-electron chi connectivity index (χ1n) is 11.6. The zero-order valence-electron chi connectivity index (χ0n) is 18.8. The monoisotopic (exact) mass is 494 g/mol. The van der Waals surface area contributed by atoms with Gasteiger partial charge in [0.2, 0.25) is 5.89 Å². The molecule has 2 N–H and O–H groups in total. The molecular formula is C23H28F2N4O4S. The molecule has 1 aromatic carbocycles. The highest BCUT2D eigenvalue weighted by atomic mass is 32.2. The van der Waals surface area contributed by atoms with Gasteiger partial charge in [0.1, 0.15) is 0 Å². The van der Waals surface area contributed by atoms with Crippen molar-refractivity contribution in [2.75, 3.05) is 32.8 Å². The molecule has 3 fully saturated rings. The number of benzene rings is 1. The normalized spacial score (nSPS) is 19.0. The molecule has 2 saturated carbocycles. The van der Waals surface area contributed by atoms with Crippen molar-refractivity contribution in [3.8, 4) is 23.0 Å². The van der Waals surface area contributed by atoms with E-state index in [-0.39, 0.29) is 35.5 Å². The Morgan fingerprint density at radius 3 is 2.59 bits per heavy atom. The average molecular weight is 495 g/mol. The summed E-state index contributed by atoms with van der Waals surface area (Å²) in [6.07, 6.45) is 4.66. The topological polar surface area (TPSA) is 94.1 Å². The molecule has 34 heavy (non-hydrogen) atoms. The maximum Gasteiger partial charge on any atom is 0.387 e. The molecule has 1 amide bonds. The van der Waals surface area contributed by atoms with Gasteiger partial charge in [0.25, 0.3) is 5.91 Å². The Bertz CT molecular complexity index is 1020. The van der Waals surface area contributed by atoms with Crippen molar-refractivity contribution >= 4 is 17.9 Å². The van der Waals surface area contributed by atoms with Crippen LogP contribution in [0.2, 0.25) is 0 Å². The number of hydrogen-bond donors (Lipinski definition) is 1. The fraction of sp³-hybridized carbons (Fsp3) is 0.565. The third kappa shape index (κ3) is 5.64. The lowest BCUT2D eigenvalue weighted by atomic mass is 10.2. The highest BCUT2D eigenvalue weighted by molar-refractivity contribution is 7.97. The van der Waals surface area contributed by atoms with E-state index in [0.717, 1.165) is 31.2 Å². The van der Waals surface area contributed by atoms with Gasteiger partial charge in [-0.25, -0.2) is 9.29 Å². The molecule has 1 aromatic heterocycles. The second-order valence-corrected chi connectivity index (χ2v) is 10.2. The second-order valence-electron chi connectivity index (χ2n) is 8.82. The van der Waals surface area contributed by atoms with Gasteiger partial charge in [-0.05, 0) is 49.8 Å². The summed E-state index contributed by atoms with van der Waals surface area (Å²) in [4.78, 5) is 19.4. The van der Waals surface area contributed by atoms with Gasteiger partial charge in [0.05, 0.1) is 13.2 Å².